The molecular weight excluding hydrogens is 262 g/mol. The number of benzene rings is 1. The van der Waals surface area contributed by atoms with Gasteiger partial charge in [-0.15, -0.1) is 4.91 Å². The van der Waals surface area contributed by atoms with Crippen molar-refractivity contribution in [3.05, 3.63) is 58.1 Å². The lowest BCUT2D eigenvalue weighted by molar-refractivity contribution is 1.14. The molecule has 2 aromatic heterocycles. The molecule has 94 valence electrons. The lowest BCUT2D eigenvalue weighted by Gasteiger charge is -1.99. The zero-order valence-electron chi connectivity index (χ0n) is 10.2. The Morgan fingerprint density at radius 1 is 1.26 bits per heavy atom. The molecule has 0 N–H and O–H groups in total. The highest BCUT2D eigenvalue weighted by molar-refractivity contribution is 6.30. The molecule has 1 aromatic carbocycles. The van der Waals surface area contributed by atoms with Gasteiger partial charge in [-0.05, 0) is 23.7 Å². The number of hydrogen-bond acceptors (Lipinski definition) is 3. The van der Waals surface area contributed by atoms with Crippen molar-refractivity contribution in [2.24, 2.45) is 5.18 Å². The lowest BCUT2D eigenvalue weighted by atomic mass is 10.1. The largest absolute Gasteiger partial charge is 0.279 e. The van der Waals surface area contributed by atoms with Gasteiger partial charge in [-0.25, -0.2) is 4.98 Å². The van der Waals surface area contributed by atoms with Crippen LogP contribution in [-0.2, 0) is 0 Å². The van der Waals surface area contributed by atoms with Gasteiger partial charge in [-0.2, -0.15) is 0 Å². The first kappa shape index (κ1) is 11.9. The molecule has 3 aromatic rings. The van der Waals surface area contributed by atoms with Gasteiger partial charge in [0.1, 0.15) is 11.3 Å². The van der Waals surface area contributed by atoms with Crippen molar-refractivity contribution < 1.29 is 0 Å². The average Bonchev–Trinajstić information content (AvgIpc) is 2.78. The van der Waals surface area contributed by atoms with Crippen LogP contribution in [0.15, 0.2) is 47.8 Å². The summed E-state index contributed by atoms with van der Waals surface area (Å²) in [5.41, 5.74) is 3.02. The first-order valence-electron chi connectivity index (χ1n) is 5.77. The third kappa shape index (κ3) is 1.90. The molecule has 0 saturated heterocycles. The van der Waals surface area contributed by atoms with Crippen molar-refractivity contribution in [1.29, 1.82) is 0 Å². The maximum Gasteiger partial charge on any atom is 0.209 e. The van der Waals surface area contributed by atoms with Gasteiger partial charge in [0.15, 0.2) is 0 Å². The summed E-state index contributed by atoms with van der Waals surface area (Å²) in [6, 6.07) is 11.3. The fourth-order valence-corrected chi connectivity index (χ4v) is 2.39. The average molecular weight is 272 g/mol. The minimum Gasteiger partial charge on any atom is -0.279 e. The number of nitroso groups, excluding NO2 is 1. The van der Waals surface area contributed by atoms with Crippen LogP contribution in [0.4, 0.5) is 5.82 Å². The van der Waals surface area contributed by atoms with Crippen LogP contribution in [0.3, 0.4) is 0 Å². The van der Waals surface area contributed by atoms with Gasteiger partial charge in [-0.3, -0.25) is 4.40 Å². The van der Waals surface area contributed by atoms with Crippen molar-refractivity contribution in [3.63, 3.8) is 0 Å². The van der Waals surface area contributed by atoms with Gasteiger partial charge < -0.3 is 0 Å². The van der Waals surface area contributed by atoms with E-state index in [1.165, 1.54) is 0 Å². The number of halogens is 1. The van der Waals surface area contributed by atoms with Gasteiger partial charge in [0.25, 0.3) is 0 Å². The topological polar surface area (TPSA) is 46.7 Å². The SMILES string of the molecule is Cc1cc(Cl)cn2c(N=O)c(-c3ccccc3)nc12. The highest BCUT2D eigenvalue weighted by Crippen LogP contribution is 2.32. The minimum absolute atomic E-state index is 0.270. The lowest BCUT2D eigenvalue weighted by Crippen LogP contribution is -1.87. The quantitative estimate of drug-likeness (QED) is 0.650. The summed E-state index contributed by atoms with van der Waals surface area (Å²) < 4.78 is 1.63. The normalized spacial score (nSPS) is 10.8. The zero-order chi connectivity index (χ0) is 13.4. The Balaban J connectivity index is 2.38. The molecule has 0 bridgehead atoms. The Morgan fingerprint density at radius 3 is 2.68 bits per heavy atom. The van der Waals surface area contributed by atoms with E-state index >= 15 is 0 Å². The van der Waals surface area contributed by atoms with Gasteiger partial charge in [-0.1, -0.05) is 41.9 Å². The van der Waals surface area contributed by atoms with E-state index in [9.17, 15) is 4.91 Å². The Morgan fingerprint density at radius 2 is 2.00 bits per heavy atom. The molecule has 0 aliphatic heterocycles. The fourth-order valence-electron chi connectivity index (χ4n) is 2.13. The Kier molecular flexibility index (Phi) is 2.80. The Labute approximate surface area is 114 Å². The van der Waals surface area contributed by atoms with Crippen LogP contribution in [-0.4, -0.2) is 9.38 Å². The minimum atomic E-state index is 0.270. The molecule has 0 radical (unpaired) electrons. The van der Waals surface area contributed by atoms with E-state index < -0.39 is 0 Å². The van der Waals surface area contributed by atoms with Crippen molar-refractivity contribution >= 4 is 23.1 Å². The number of nitrogens with zero attached hydrogens (tertiary/aromatic N) is 3. The van der Waals surface area contributed by atoms with E-state index in [1.54, 1.807) is 10.6 Å². The summed E-state index contributed by atoms with van der Waals surface area (Å²) in [7, 11) is 0. The third-order valence-corrected chi connectivity index (χ3v) is 3.19. The number of aromatic nitrogens is 2. The number of hydrogen-bond donors (Lipinski definition) is 0. The van der Waals surface area contributed by atoms with Crippen LogP contribution in [0.2, 0.25) is 5.02 Å². The summed E-state index contributed by atoms with van der Waals surface area (Å²) in [4.78, 5) is 15.6. The third-order valence-electron chi connectivity index (χ3n) is 2.98. The molecule has 19 heavy (non-hydrogen) atoms. The second-order valence-corrected chi connectivity index (χ2v) is 4.71. The van der Waals surface area contributed by atoms with Gasteiger partial charge in [0.2, 0.25) is 5.82 Å². The molecule has 5 heteroatoms. The first-order valence-corrected chi connectivity index (χ1v) is 6.15. The number of fused-ring (bicyclic) bond motifs is 1. The van der Waals surface area contributed by atoms with E-state index in [0.717, 1.165) is 11.1 Å². The van der Waals surface area contributed by atoms with E-state index in [4.69, 9.17) is 11.6 Å². The number of imidazole rings is 1. The Hall–Kier alpha value is -2.20. The van der Waals surface area contributed by atoms with Crippen LogP contribution in [0.1, 0.15) is 5.56 Å². The zero-order valence-corrected chi connectivity index (χ0v) is 10.9. The molecule has 2 heterocycles. The van der Waals surface area contributed by atoms with Gasteiger partial charge in [0.05, 0.1) is 5.02 Å². The molecule has 0 amide bonds. The number of aryl methyl sites for hydroxylation is 1. The Bertz CT molecular complexity index is 765. The van der Waals surface area contributed by atoms with Crippen LogP contribution >= 0.6 is 11.6 Å². The van der Waals surface area contributed by atoms with Crippen molar-refractivity contribution in [3.8, 4) is 11.3 Å². The molecule has 0 fully saturated rings. The van der Waals surface area contributed by atoms with Gasteiger partial charge in [0, 0.05) is 11.8 Å². The summed E-state index contributed by atoms with van der Waals surface area (Å²) in [5.74, 6) is 0.270. The van der Waals surface area contributed by atoms with E-state index in [0.29, 0.717) is 16.4 Å². The molecule has 3 rings (SSSR count). The molecule has 0 unspecified atom stereocenters. The van der Waals surface area contributed by atoms with E-state index in [2.05, 4.69) is 10.2 Å². The summed E-state index contributed by atoms with van der Waals surface area (Å²) >= 11 is 6.02. The molecule has 0 saturated carbocycles. The molecule has 0 aliphatic rings. The summed E-state index contributed by atoms with van der Waals surface area (Å²) in [6.07, 6.45) is 1.65. The molecule has 0 spiro atoms. The van der Waals surface area contributed by atoms with Crippen molar-refractivity contribution in [2.45, 2.75) is 6.92 Å². The first-order chi connectivity index (χ1) is 9.20. The van der Waals surface area contributed by atoms with Crippen LogP contribution in [0, 0.1) is 11.8 Å². The molecule has 0 atom stereocenters. The van der Waals surface area contributed by atoms with Crippen LogP contribution in [0.25, 0.3) is 16.9 Å². The van der Waals surface area contributed by atoms with Gasteiger partial charge >= 0.3 is 0 Å². The van der Waals surface area contributed by atoms with Crippen LogP contribution in [0.5, 0.6) is 0 Å². The monoisotopic (exact) mass is 271 g/mol. The van der Waals surface area contributed by atoms with E-state index in [-0.39, 0.29) is 5.82 Å². The van der Waals surface area contributed by atoms with Crippen molar-refractivity contribution in [2.75, 3.05) is 0 Å². The summed E-state index contributed by atoms with van der Waals surface area (Å²) in [6.45, 7) is 1.90. The van der Waals surface area contributed by atoms with E-state index in [1.807, 2.05) is 43.3 Å². The van der Waals surface area contributed by atoms with Crippen molar-refractivity contribution in [1.82, 2.24) is 9.38 Å². The molecule has 0 aliphatic carbocycles. The second kappa shape index (κ2) is 4.48. The van der Waals surface area contributed by atoms with Crippen LogP contribution < -0.4 is 0 Å². The summed E-state index contributed by atoms with van der Waals surface area (Å²) in [5, 5.41) is 3.66. The standard InChI is InChI=1S/C14H10ClN3O/c1-9-7-11(15)8-18-13(9)16-12(14(18)17-19)10-5-3-2-4-6-10/h2-8H,1H3. The maximum atomic E-state index is 11.1. The molecule has 4 nitrogen and oxygen atoms in total. The smallest absolute Gasteiger partial charge is 0.209 e. The maximum absolute atomic E-state index is 11.1. The highest BCUT2D eigenvalue weighted by Gasteiger charge is 2.16. The fraction of sp³-hybridized carbons (Fsp3) is 0.0714. The number of rotatable bonds is 2. The second-order valence-electron chi connectivity index (χ2n) is 4.28. The molecular formula is C14H10ClN3O. The highest BCUT2D eigenvalue weighted by atomic mass is 35.5. The predicted molar refractivity (Wildman–Crippen MR) is 75.8 cm³/mol. The predicted octanol–water partition coefficient (Wildman–Crippen LogP) is 4.36. The number of pyridine rings is 1.